The molecule has 0 saturated carbocycles. The third kappa shape index (κ3) is 13.5. The summed E-state index contributed by atoms with van der Waals surface area (Å²) >= 11 is 3.75. The van der Waals surface area contributed by atoms with Gasteiger partial charge in [-0.05, 0) is 173 Å². The van der Waals surface area contributed by atoms with Crippen LogP contribution in [0.1, 0.15) is 6.85 Å². The van der Waals surface area contributed by atoms with Gasteiger partial charge in [0.15, 0.2) is 0 Å². The Morgan fingerprint density at radius 2 is 0.649 bits per heavy atom. The summed E-state index contributed by atoms with van der Waals surface area (Å²) in [6, 6.07) is 146. The van der Waals surface area contributed by atoms with Crippen LogP contribution in [0.4, 0.5) is 0 Å². The van der Waals surface area contributed by atoms with Gasteiger partial charge in [-0.15, -0.1) is 22.7 Å². The van der Waals surface area contributed by atoms with Crippen LogP contribution in [0.2, 0.25) is 0 Å². The summed E-state index contributed by atoms with van der Waals surface area (Å²) in [4.78, 5) is 20.0. The number of para-hydroxylation sites is 2. The van der Waals surface area contributed by atoms with Crippen molar-refractivity contribution in [2.75, 3.05) is 0 Å². The maximum Gasteiger partial charge on any atom is 0.235 e. The second-order valence-electron chi connectivity index (χ2n) is 33.1. The van der Waals surface area contributed by atoms with Crippen molar-refractivity contribution in [2.24, 2.45) is 0 Å². The zero-order chi connectivity index (χ0) is 90.8. The molecule has 7 nitrogen and oxygen atoms in total. The smallest absolute Gasteiger partial charge is 0.235 e. The lowest BCUT2D eigenvalue weighted by molar-refractivity contribution is 0.994. The Balaban J connectivity index is 0.000000109. The largest absolute Gasteiger partial charge is 0.294 e. The van der Waals surface area contributed by atoms with Crippen molar-refractivity contribution in [1.29, 1.82) is 0 Å². The normalized spacial score (nSPS) is 12.2. The minimum atomic E-state index is -0.411. The fraction of sp³-hybridized carbons (Fsp3) is 0. The van der Waals surface area contributed by atoms with Crippen molar-refractivity contribution in [2.45, 2.75) is 0 Å². The van der Waals surface area contributed by atoms with Crippen LogP contribution in [-0.2, 0) is 0 Å². The number of nitrogens with zero attached hydrogens (tertiary/aromatic N) is 7. The molecule has 9 heteroatoms. The van der Waals surface area contributed by atoms with Crippen LogP contribution in [0.25, 0.3) is 245 Å². The second-order valence-corrected chi connectivity index (χ2v) is 35.2. The standard InChI is InChI=1S/C44H29N3.2C39H24N2S/c1-3-10-30(11-4-1)32-18-20-33(21-19-32)35-15-9-16-37(28-35)41-26-27-45-44(46-41)47-42-25-23-36(31-12-5-2-6-13-31)29-40(42)39-24-22-34-14-7-8-17-38(34)43(39)47;1-2-12-29-25(9-1)19-21-35-38(29)33-14-3-5-17-34(33)41(35)37-22-20-28(24-40-37)26-10-7-11-27(23-26)30-15-8-16-32-31-13-4-6-18-36(31)42-39(30)32;1-2-9-29-26(8-1)20-22-33-31-10-3-5-14-35(31)41(38(29)33)37-23-21-28(24-40-37)25-16-18-27(19-17-25)30-12-7-13-34-32-11-4-6-15-36(32)42-39(30)34/h1-29H;2*1-24H/i2D,5D,6D,12D,13D;;. The number of pyridine rings is 2. The van der Waals surface area contributed by atoms with Gasteiger partial charge in [0.2, 0.25) is 5.95 Å². The highest BCUT2D eigenvalue weighted by Gasteiger charge is 2.23. The molecule has 27 rings (SSSR count). The lowest BCUT2D eigenvalue weighted by atomic mass is 9.98. The van der Waals surface area contributed by atoms with Gasteiger partial charge in [0.05, 0.1) is 45.6 Å². The molecule has 612 valence electrons. The van der Waals surface area contributed by atoms with Crippen LogP contribution in [0.15, 0.2) is 467 Å². The van der Waals surface area contributed by atoms with Gasteiger partial charge in [0.1, 0.15) is 11.6 Å². The van der Waals surface area contributed by atoms with Crippen LogP contribution in [-0.4, -0.2) is 33.6 Å². The summed E-state index contributed by atoms with van der Waals surface area (Å²) in [6.07, 6.45) is 5.79. The first-order chi connectivity index (χ1) is 67.0. The molecule has 0 bridgehead atoms. The van der Waals surface area contributed by atoms with Crippen molar-refractivity contribution in [3.05, 3.63) is 467 Å². The number of thiophene rings is 2. The third-order valence-corrected chi connectivity index (χ3v) is 28.1. The van der Waals surface area contributed by atoms with E-state index in [1.165, 1.54) is 139 Å². The van der Waals surface area contributed by atoms with Crippen LogP contribution in [0, 0.1) is 0 Å². The lowest BCUT2D eigenvalue weighted by Gasteiger charge is -2.11. The molecule has 0 aliphatic rings. The molecular weight excluding hydrogens is 1630 g/mol. The third-order valence-electron chi connectivity index (χ3n) is 25.7. The highest BCUT2D eigenvalue weighted by molar-refractivity contribution is 7.26. The van der Waals surface area contributed by atoms with Crippen molar-refractivity contribution in [3.63, 3.8) is 0 Å². The first-order valence-electron chi connectivity index (χ1n) is 46.4. The maximum absolute atomic E-state index is 8.61. The molecule has 0 radical (unpaired) electrons. The quantitative estimate of drug-likeness (QED) is 0.129. The van der Waals surface area contributed by atoms with Gasteiger partial charge in [-0.1, -0.05) is 364 Å². The Morgan fingerprint density at radius 1 is 0.229 bits per heavy atom. The van der Waals surface area contributed by atoms with Crippen molar-refractivity contribution in [1.82, 2.24) is 33.6 Å². The average molecular weight is 1710 g/mol. The Labute approximate surface area is 769 Å². The molecule has 0 aliphatic carbocycles. The van der Waals surface area contributed by atoms with Gasteiger partial charge in [-0.2, -0.15) is 0 Å². The van der Waals surface area contributed by atoms with Crippen LogP contribution < -0.4 is 0 Å². The topological polar surface area (TPSA) is 66.3 Å². The molecule has 0 atom stereocenters. The van der Waals surface area contributed by atoms with Gasteiger partial charge in [-0.25, -0.2) is 19.9 Å². The molecule has 0 saturated heterocycles. The summed E-state index contributed by atoms with van der Waals surface area (Å²) in [5, 5.41) is 19.2. The summed E-state index contributed by atoms with van der Waals surface area (Å²) in [7, 11) is 0. The van der Waals surface area contributed by atoms with Crippen LogP contribution >= 0.6 is 22.7 Å². The van der Waals surface area contributed by atoms with Crippen molar-refractivity contribution in [3.8, 4) is 107 Å². The van der Waals surface area contributed by atoms with Gasteiger partial charge in [0.25, 0.3) is 0 Å². The zero-order valence-corrected chi connectivity index (χ0v) is 72.1. The minimum Gasteiger partial charge on any atom is -0.294 e. The molecule has 0 N–H and O–H groups in total. The second kappa shape index (κ2) is 32.2. The van der Waals surface area contributed by atoms with Gasteiger partial charge >= 0.3 is 0 Å². The SMILES string of the molecule is [2H]c1c([2H])c([2H])c(-c2ccc3c(c2)c2ccc4ccccc4c2n3-c2nccc(-c3cccc(-c4ccc(-c5ccccc5)cc4)c3)n2)c([2H])c1[2H].c1cc(-c2ccc(-n3c4ccccc4c4c5ccccc5ccc43)nc2)cc(-c2cccc3c2sc2ccccc23)c1.c1ccc2c(c1)ccc1c3ccccc3n(-c3ccc(-c4ccc(-c5cccc6c5sc5ccccc56)cc4)cn3)c21. The number of fused-ring (bicyclic) bond motifs is 21. The van der Waals surface area contributed by atoms with Gasteiger partial charge in [-0.3, -0.25) is 13.7 Å². The molecule has 0 amide bonds. The Kier molecular flexibility index (Phi) is 17.6. The fourth-order valence-corrected chi connectivity index (χ4v) is 22.0. The number of hydrogen-bond acceptors (Lipinski definition) is 6. The van der Waals surface area contributed by atoms with E-state index in [2.05, 4.69) is 372 Å². The predicted molar refractivity (Wildman–Crippen MR) is 555 cm³/mol. The summed E-state index contributed by atoms with van der Waals surface area (Å²) < 4.78 is 53.8. The molecule has 131 heavy (non-hydrogen) atoms. The lowest BCUT2D eigenvalue weighted by Crippen LogP contribution is -2.02. The molecule has 0 spiro atoms. The fourth-order valence-electron chi connectivity index (χ4n) is 19.5. The number of benzene rings is 19. The van der Waals surface area contributed by atoms with Crippen molar-refractivity contribution >= 4 is 161 Å². The molecular formula is C122H77N7S2. The first-order valence-corrected chi connectivity index (χ1v) is 45.6. The van der Waals surface area contributed by atoms with Gasteiger partial charge in [0, 0.05) is 119 Å². The van der Waals surface area contributed by atoms with E-state index in [1.807, 2.05) is 95.7 Å². The molecule has 27 aromatic rings. The molecule has 0 fully saturated rings. The van der Waals surface area contributed by atoms with E-state index in [-0.39, 0.29) is 29.7 Å². The minimum absolute atomic E-state index is 0.169. The molecule has 0 aliphatic heterocycles. The number of rotatable bonds is 11. The molecule has 8 heterocycles. The van der Waals surface area contributed by atoms with E-state index in [9.17, 15) is 0 Å². The van der Waals surface area contributed by atoms with E-state index in [1.54, 1.807) is 6.20 Å². The van der Waals surface area contributed by atoms with Crippen LogP contribution in [0.3, 0.4) is 0 Å². The summed E-state index contributed by atoms with van der Waals surface area (Å²) in [6.45, 7) is 0. The summed E-state index contributed by atoms with van der Waals surface area (Å²) in [5.74, 6) is 2.35. The Morgan fingerprint density at radius 3 is 1.30 bits per heavy atom. The van der Waals surface area contributed by atoms with Crippen molar-refractivity contribution < 1.29 is 6.85 Å². The average Bonchev–Trinajstić information content (AvgIpc) is 1.57. The summed E-state index contributed by atoms with van der Waals surface area (Å²) in [5.41, 5.74) is 23.0. The zero-order valence-electron chi connectivity index (χ0n) is 75.5. The van der Waals surface area contributed by atoms with Gasteiger partial charge < -0.3 is 0 Å². The van der Waals surface area contributed by atoms with E-state index in [0.717, 1.165) is 88.9 Å². The number of aromatic nitrogens is 7. The van der Waals surface area contributed by atoms with E-state index in [4.69, 9.17) is 26.8 Å². The molecule has 0 unspecified atom stereocenters. The molecule has 8 aromatic heterocycles. The highest BCUT2D eigenvalue weighted by atomic mass is 32.1. The monoisotopic (exact) mass is 1710 g/mol. The van der Waals surface area contributed by atoms with Crippen LogP contribution in [0.5, 0.6) is 0 Å². The van der Waals surface area contributed by atoms with E-state index in [0.29, 0.717) is 11.5 Å². The Bertz CT molecular complexity index is 9460. The molecule has 19 aromatic carbocycles. The number of hydrogen-bond donors (Lipinski definition) is 0. The maximum atomic E-state index is 8.61. The highest BCUT2D eigenvalue weighted by Crippen LogP contribution is 2.46. The predicted octanol–water partition coefficient (Wildman–Crippen LogP) is 33.5. The van der Waals surface area contributed by atoms with E-state index < -0.39 is 6.04 Å². The first kappa shape index (κ1) is 71.3. The van der Waals surface area contributed by atoms with E-state index >= 15 is 0 Å². The Hall–Kier alpha value is -16.8.